The van der Waals surface area contributed by atoms with Crippen LogP contribution in [-0.2, 0) is 17.8 Å². The normalized spacial score (nSPS) is 10.9. The van der Waals surface area contributed by atoms with E-state index >= 15 is 0 Å². The van der Waals surface area contributed by atoms with E-state index in [0.717, 1.165) is 11.1 Å². The second-order valence-corrected chi connectivity index (χ2v) is 7.65. The third-order valence-corrected chi connectivity index (χ3v) is 5.05. The Morgan fingerprint density at radius 3 is 2.45 bits per heavy atom. The zero-order valence-corrected chi connectivity index (χ0v) is 19.1. The maximum Gasteiger partial charge on any atom is 0.261 e. The van der Waals surface area contributed by atoms with Crippen molar-refractivity contribution in [2.75, 3.05) is 13.2 Å². The number of nitriles is 1. The summed E-state index contributed by atoms with van der Waals surface area (Å²) in [5, 5.41) is 13.0. The predicted molar refractivity (Wildman–Crippen MR) is 130 cm³/mol. The largest absolute Gasteiger partial charge is 0.490 e. The van der Waals surface area contributed by atoms with E-state index in [4.69, 9.17) is 21.1 Å². The molecule has 0 bridgehead atoms. The Hall–Kier alpha value is -3.75. The van der Waals surface area contributed by atoms with Crippen LogP contribution in [0.15, 0.2) is 78.4 Å². The highest BCUT2D eigenvalue weighted by Gasteiger charge is 2.11. The highest BCUT2D eigenvalue weighted by Crippen LogP contribution is 2.30. The van der Waals surface area contributed by atoms with Crippen LogP contribution in [0.5, 0.6) is 11.5 Å². The van der Waals surface area contributed by atoms with Crippen LogP contribution >= 0.6 is 11.6 Å². The van der Waals surface area contributed by atoms with E-state index in [-0.39, 0.29) is 5.57 Å². The van der Waals surface area contributed by atoms with Gasteiger partial charge in [0.15, 0.2) is 11.5 Å². The van der Waals surface area contributed by atoms with Gasteiger partial charge in [-0.25, -0.2) is 0 Å². The molecule has 3 rings (SSSR count). The number of halogens is 1. The minimum Gasteiger partial charge on any atom is -0.490 e. The van der Waals surface area contributed by atoms with Gasteiger partial charge in [-0.3, -0.25) is 4.79 Å². The average Bonchev–Trinajstić information content (AvgIpc) is 2.84. The standard InChI is InChI=1S/C27H25ClN2O3/c1-2-32-26-17-22(10-13-25(26)33-19-21-8-11-24(28)12-9-21)16-23(18-29)27(31)30-15-14-20-6-4-3-5-7-20/h3-13,16-17H,2,14-15,19H2,1H3,(H,30,31)/b23-16+. The van der Waals surface area contributed by atoms with Gasteiger partial charge in [0.2, 0.25) is 0 Å². The first-order valence-corrected chi connectivity index (χ1v) is 11.0. The van der Waals surface area contributed by atoms with E-state index < -0.39 is 5.91 Å². The SMILES string of the molecule is CCOc1cc(/C=C(\C#N)C(=O)NCCc2ccccc2)ccc1OCc1ccc(Cl)cc1. The van der Waals surface area contributed by atoms with E-state index in [1.165, 1.54) is 0 Å². The summed E-state index contributed by atoms with van der Waals surface area (Å²) in [6.45, 7) is 3.14. The zero-order valence-electron chi connectivity index (χ0n) is 18.4. The molecular formula is C27H25ClN2O3. The molecule has 1 N–H and O–H groups in total. The van der Waals surface area contributed by atoms with Crippen LogP contribution in [0.2, 0.25) is 5.02 Å². The molecule has 1 amide bonds. The molecule has 0 heterocycles. The zero-order chi connectivity index (χ0) is 23.5. The molecule has 0 atom stereocenters. The number of amides is 1. The van der Waals surface area contributed by atoms with Gasteiger partial charge in [0.05, 0.1) is 6.61 Å². The number of nitrogens with zero attached hydrogens (tertiary/aromatic N) is 1. The molecule has 0 fully saturated rings. The van der Waals surface area contributed by atoms with E-state index in [0.29, 0.717) is 48.3 Å². The van der Waals surface area contributed by atoms with Gasteiger partial charge in [-0.05, 0) is 60.4 Å². The Bertz CT molecular complexity index is 1140. The highest BCUT2D eigenvalue weighted by atomic mass is 35.5. The quantitative estimate of drug-likeness (QED) is 0.316. The molecule has 33 heavy (non-hydrogen) atoms. The molecule has 168 valence electrons. The summed E-state index contributed by atoms with van der Waals surface area (Å²) >= 11 is 5.93. The summed E-state index contributed by atoms with van der Waals surface area (Å²) in [6.07, 6.45) is 2.24. The van der Waals surface area contributed by atoms with Crippen molar-refractivity contribution in [2.24, 2.45) is 0 Å². The molecule has 0 aliphatic heterocycles. The summed E-state index contributed by atoms with van der Waals surface area (Å²) in [7, 11) is 0. The molecule has 3 aromatic carbocycles. The Morgan fingerprint density at radius 2 is 1.76 bits per heavy atom. The molecule has 3 aromatic rings. The summed E-state index contributed by atoms with van der Waals surface area (Å²) in [6, 6.07) is 24.6. The van der Waals surface area contributed by atoms with E-state index in [9.17, 15) is 10.1 Å². The number of benzene rings is 3. The number of hydrogen-bond acceptors (Lipinski definition) is 4. The van der Waals surface area contributed by atoms with Crippen LogP contribution in [0.4, 0.5) is 0 Å². The third-order valence-electron chi connectivity index (χ3n) is 4.79. The summed E-state index contributed by atoms with van der Waals surface area (Å²) in [4.78, 5) is 12.5. The molecule has 0 aromatic heterocycles. The second-order valence-electron chi connectivity index (χ2n) is 7.22. The maximum atomic E-state index is 12.5. The molecule has 0 spiro atoms. The summed E-state index contributed by atoms with van der Waals surface area (Å²) in [5.41, 5.74) is 2.80. The first-order valence-electron chi connectivity index (χ1n) is 10.7. The van der Waals surface area contributed by atoms with E-state index in [1.807, 2.05) is 67.6 Å². The van der Waals surface area contributed by atoms with Crippen LogP contribution in [0.1, 0.15) is 23.6 Å². The van der Waals surface area contributed by atoms with Crippen LogP contribution in [0.25, 0.3) is 6.08 Å². The van der Waals surface area contributed by atoms with Crippen molar-refractivity contribution in [3.63, 3.8) is 0 Å². The lowest BCUT2D eigenvalue weighted by molar-refractivity contribution is -0.117. The maximum absolute atomic E-state index is 12.5. The molecular weight excluding hydrogens is 436 g/mol. The monoisotopic (exact) mass is 460 g/mol. The lowest BCUT2D eigenvalue weighted by Crippen LogP contribution is -2.26. The van der Waals surface area contributed by atoms with Gasteiger partial charge in [0, 0.05) is 11.6 Å². The third kappa shape index (κ3) is 7.41. The highest BCUT2D eigenvalue weighted by molar-refractivity contribution is 6.30. The molecule has 0 aliphatic carbocycles. The predicted octanol–water partition coefficient (Wildman–Crippen LogP) is 5.58. The first kappa shape index (κ1) is 23.9. The fraction of sp³-hybridized carbons (Fsp3) is 0.185. The molecule has 0 unspecified atom stereocenters. The van der Waals surface area contributed by atoms with Gasteiger partial charge in [0.1, 0.15) is 18.2 Å². The van der Waals surface area contributed by atoms with Crippen molar-refractivity contribution >= 4 is 23.6 Å². The number of hydrogen-bond donors (Lipinski definition) is 1. The molecule has 0 saturated heterocycles. The number of nitrogens with one attached hydrogen (secondary N) is 1. The Kier molecular flexibility index (Phi) is 8.93. The van der Waals surface area contributed by atoms with Gasteiger partial charge in [0.25, 0.3) is 5.91 Å². The van der Waals surface area contributed by atoms with Crippen LogP contribution in [0, 0.1) is 11.3 Å². The smallest absolute Gasteiger partial charge is 0.261 e. The van der Waals surface area contributed by atoms with Crippen LogP contribution in [-0.4, -0.2) is 19.1 Å². The first-order chi connectivity index (χ1) is 16.1. The van der Waals surface area contributed by atoms with Crippen LogP contribution < -0.4 is 14.8 Å². The van der Waals surface area contributed by atoms with Crippen molar-refractivity contribution in [3.05, 3.63) is 100 Å². The molecule has 5 nitrogen and oxygen atoms in total. The number of carbonyl (C=O) groups excluding carboxylic acids is 1. The minimum atomic E-state index is -0.408. The molecule has 0 saturated carbocycles. The van der Waals surface area contributed by atoms with Crippen molar-refractivity contribution in [1.29, 1.82) is 5.26 Å². The van der Waals surface area contributed by atoms with E-state index in [2.05, 4.69) is 5.32 Å². The molecule has 0 radical (unpaired) electrons. The van der Waals surface area contributed by atoms with Crippen molar-refractivity contribution < 1.29 is 14.3 Å². The van der Waals surface area contributed by atoms with Crippen LogP contribution in [0.3, 0.4) is 0 Å². The van der Waals surface area contributed by atoms with Gasteiger partial charge in [-0.15, -0.1) is 0 Å². The average molecular weight is 461 g/mol. The Balaban J connectivity index is 1.67. The number of carbonyl (C=O) groups is 1. The lowest BCUT2D eigenvalue weighted by atomic mass is 10.1. The Labute approximate surface area is 199 Å². The summed E-state index contributed by atoms with van der Waals surface area (Å²) < 4.78 is 11.6. The molecule has 0 aliphatic rings. The van der Waals surface area contributed by atoms with Gasteiger partial charge in [-0.2, -0.15) is 5.26 Å². The van der Waals surface area contributed by atoms with Crippen molar-refractivity contribution in [2.45, 2.75) is 20.0 Å². The minimum absolute atomic E-state index is 0.0281. The number of rotatable bonds is 10. The fourth-order valence-electron chi connectivity index (χ4n) is 3.12. The van der Waals surface area contributed by atoms with Gasteiger partial charge >= 0.3 is 0 Å². The summed E-state index contributed by atoms with van der Waals surface area (Å²) in [5.74, 6) is 0.714. The lowest BCUT2D eigenvalue weighted by Gasteiger charge is -2.13. The second kappa shape index (κ2) is 12.3. The van der Waals surface area contributed by atoms with Gasteiger partial charge < -0.3 is 14.8 Å². The van der Waals surface area contributed by atoms with Crippen molar-refractivity contribution in [3.8, 4) is 17.6 Å². The topological polar surface area (TPSA) is 71.3 Å². The van der Waals surface area contributed by atoms with E-state index in [1.54, 1.807) is 24.3 Å². The van der Waals surface area contributed by atoms with Crippen molar-refractivity contribution in [1.82, 2.24) is 5.32 Å². The Morgan fingerprint density at radius 1 is 1.00 bits per heavy atom. The fourth-order valence-corrected chi connectivity index (χ4v) is 3.25. The number of ether oxygens (including phenoxy) is 2. The van der Waals surface area contributed by atoms with Gasteiger partial charge in [-0.1, -0.05) is 60.1 Å². The molecule has 6 heteroatoms.